The minimum atomic E-state index is -1.22. The SMILES string of the molecule is CC(=O)CC(CSC(=O)C(CSC(=O)c1ccc(C)cc1OC(=O)C(CSC(=O)C(CS)CC(C)=O)CC(C)=O)CC(C)=O)C(=O)O. The molecule has 47 heavy (non-hydrogen) atoms. The largest absolute Gasteiger partial charge is 0.481 e. The number of thioether (sulfide) groups is 3. The summed E-state index contributed by atoms with van der Waals surface area (Å²) in [6.45, 7) is 6.90. The van der Waals surface area contributed by atoms with Gasteiger partial charge in [0.1, 0.15) is 28.9 Å². The Morgan fingerprint density at radius 2 is 1.13 bits per heavy atom. The van der Waals surface area contributed by atoms with Crippen molar-refractivity contribution in [2.75, 3.05) is 23.0 Å². The first-order valence-corrected chi connectivity index (χ1v) is 18.2. The van der Waals surface area contributed by atoms with E-state index in [-0.39, 0.29) is 88.3 Å². The van der Waals surface area contributed by atoms with Crippen LogP contribution in [0, 0.1) is 30.6 Å². The number of Topliss-reactive ketones (excluding diaryl/α,β-unsaturated/α-hetero) is 4. The number of benzene rings is 1. The number of hydrogen-bond acceptors (Lipinski definition) is 14. The number of carbonyl (C=O) groups excluding carboxylic acids is 8. The fourth-order valence-corrected chi connectivity index (χ4v) is 7.70. The Morgan fingerprint density at radius 1 is 0.681 bits per heavy atom. The highest BCUT2D eigenvalue weighted by molar-refractivity contribution is 8.15. The van der Waals surface area contributed by atoms with Crippen molar-refractivity contribution >= 4 is 98.3 Å². The molecule has 0 saturated carbocycles. The number of carboxylic acid groups (broad SMARTS) is 1. The molecule has 0 bridgehead atoms. The van der Waals surface area contributed by atoms with Crippen LogP contribution in [0.4, 0.5) is 0 Å². The molecular weight excluding hydrogens is 689 g/mol. The summed E-state index contributed by atoms with van der Waals surface area (Å²) in [6.07, 6.45) is -0.643. The minimum absolute atomic E-state index is 0.00383. The van der Waals surface area contributed by atoms with Gasteiger partial charge < -0.3 is 29.0 Å². The van der Waals surface area contributed by atoms with Crippen LogP contribution in [0.3, 0.4) is 0 Å². The number of carboxylic acids is 1. The Labute approximate surface area is 292 Å². The molecule has 4 atom stereocenters. The first-order valence-electron chi connectivity index (χ1n) is 14.6. The van der Waals surface area contributed by atoms with Crippen LogP contribution in [0.25, 0.3) is 0 Å². The van der Waals surface area contributed by atoms with Crippen LogP contribution in [0.5, 0.6) is 5.75 Å². The summed E-state index contributed by atoms with van der Waals surface area (Å²) in [5.74, 6) is -7.20. The zero-order chi connectivity index (χ0) is 35.8. The molecule has 258 valence electrons. The van der Waals surface area contributed by atoms with Crippen molar-refractivity contribution in [1.29, 1.82) is 0 Å². The summed E-state index contributed by atoms with van der Waals surface area (Å²) >= 11 is 6.36. The van der Waals surface area contributed by atoms with Crippen LogP contribution < -0.4 is 4.74 Å². The molecule has 0 aliphatic carbocycles. The van der Waals surface area contributed by atoms with E-state index in [4.69, 9.17) is 4.74 Å². The van der Waals surface area contributed by atoms with Crippen molar-refractivity contribution in [1.82, 2.24) is 0 Å². The summed E-state index contributed by atoms with van der Waals surface area (Å²) in [6, 6.07) is 4.53. The Bertz CT molecular complexity index is 1370. The number of aryl methyl sites for hydroxylation is 1. The molecule has 4 unspecified atom stereocenters. The number of aliphatic carboxylic acids is 1. The molecule has 0 heterocycles. The van der Waals surface area contributed by atoms with Crippen molar-refractivity contribution in [3.8, 4) is 5.75 Å². The molecule has 0 spiro atoms. The fourth-order valence-electron chi connectivity index (χ4n) is 4.18. The van der Waals surface area contributed by atoms with Gasteiger partial charge in [-0.3, -0.25) is 24.0 Å². The van der Waals surface area contributed by atoms with E-state index in [9.17, 15) is 48.3 Å². The molecule has 1 aromatic carbocycles. The molecule has 0 radical (unpaired) electrons. The van der Waals surface area contributed by atoms with Gasteiger partial charge in [-0.25, -0.2) is 0 Å². The van der Waals surface area contributed by atoms with Crippen LogP contribution >= 0.6 is 47.9 Å². The van der Waals surface area contributed by atoms with Crippen LogP contribution in [-0.4, -0.2) is 78.5 Å². The Hall–Kier alpha value is -2.75. The average Bonchev–Trinajstić information content (AvgIpc) is 2.96. The molecule has 1 rings (SSSR count). The van der Waals surface area contributed by atoms with Crippen LogP contribution in [-0.2, 0) is 38.4 Å². The highest BCUT2D eigenvalue weighted by atomic mass is 32.2. The second kappa shape index (κ2) is 21.3. The summed E-state index contributed by atoms with van der Waals surface area (Å²) in [5.41, 5.74) is 0.660. The maximum atomic E-state index is 13.3. The third kappa shape index (κ3) is 16.3. The van der Waals surface area contributed by atoms with E-state index in [2.05, 4.69) is 12.6 Å². The molecule has 0 aliphatic heterocycles. The summed E-state index contributed by atoms with van der Waals surface area (Å²) in [4.78, 5) is 110. The van der Waals surface area contributed by atoms with Gasteiger partial charge in [-0.2, -0.15) is 12.6 Å². The predicted octanol–water partition coefficient (Wildman–Crippen LogP) is 4.69. The van der Waals surface area contributed by atoms with E-state index in [0.717, 1.165) is 23.5 Å². The van der Waals surface area contributed by atoms with E-state index in [0.29, 0.717) is 17.3 Å². The lowest BCUT2D eigenvalue weighted by atomic mass is 10.1. The van der Waals surface area contributed by atoms with Gasteiger partial charge in [-0.15, -0.1) is 0 Å². The second-order valence-electron chi connectivity index (χ2n) is 11.2. The number of rotatable bonds is 21. The molecule has 15 heteroatoms. The summed E-state index contributed by atoms with van der Waals surface area (Å²) < 4.78 is 5.60. The van der Waals surface area contributed by atoms with E-state index in [1.165, 1.54) is 39.8 Å². The molecule has 1 N–H and O–H groups in total. The molecule has 11 nitrogen and oxygen atoms in total. The van der Waals surface area contributed by atoms with Gasteiger partial charge in [0, 0.05) is 60.5 Å². The quantitative estimate of drug-likeness (QED) is 0.101. The van der Waals surface area contributed by atoms with E-state index >= 15 is 0 Å². The Kier molecular flexibility index (Phi) is 19.1. The summed E-state index contributed by atoms with van der Waals surface area (Å²) in [7, 11) is 0. The number of carbonyl (C=O) groups is 9. The third-order valence-corrected chi connectivity index (χ3v) is 10.4. The Balaban J connectivity index is 3.09. The molecule has 0 fully saturated rings. The highest BCUT2D eigenvalue weighted by Gasteiger charge is 2.30. The normalized spacial score (nSPS) is 13.5. The average molecular weight is 729 g/mol. The lowest BCUT2D eigenvalue weighted by Crippen LogP contribution is -2.27. The summed E-state index contributed by atoms with van der Waals surface area (Å²) in [5, 5.41) is 7.96. The van der Waals surface area contributed by atoms with Gasteiger partial charge in [0.2, 0.25) is 5.12 Å². The Morgan fingerprint density at radius 3 is 1.64 bits per heavy atom. The predicted molar refractivity (Wildman–Crippen MR) is 185 cm³/mol. The number of ketones is 4. The van der Waals surface area contributed by atoms with Crippen LogP contribution in [0.2, 0.25) is 0 Å². The number of ether oxygens (including phenoxy) is 1. The van der Waals surface area contributed by atoms with Crippen molar-refractivity contribution < 1.29 is 53.0 Å². The second-order valence-corrected chi connectivity index (χ2v) is 14.6. The third-order valence-electron chi connectivity index (χ3n) is 6.54. The standard InChI is InChI=1S/C32H40O11S4/c1-17-6-7-26(32(42)47-16-25(12-21(5)36)31(41)45-14-23(28(37)38)10-19(3)34)27(8-17)43-29(39)24(11-20(4)35)15-46-30(40)22(13-44)9-18(2)33/h6-8,22-25,44H,9-16H2,1-5H3,(H,37,38). The number of hydrogen-bond donors (Lipinski definition) is 2. The molecule has 0 aromatic heterocycles. The van der Waals surface area contributed by atoms with Crippen molar-refractivity contribution in [2.24, 2.45) is 23.7 Å². The number of thiol groups is 1. The zero-order valence-electron chi connectivity index (χ0n) is 26.9. The topological polar surface area (TPSA) is 183 Å². The maximum Gasteiger partial charge on any atom is 0.315 e. The zero-order valence-corrected chi connectivity index (χ0v) is 30.2. The first kappa shape index (κ1) is 42.3. The molecule has 0 saturated heterocycles. The monoisotopic (exact) mass is 728 g/mol. The minimum Gasteiger partial charge on any atom is -0.481 e. The van der Waals surface area contributed by atoms with Gasteiger partial charge in [0.15, 0.2) is 10.2 Å². The smallest absolute Gasteiger partial charge is 0.315 e. The van der Waals surface area contributed by atoms with Gasteiger partial charge in [-0.1, -0.05) is 41.4 Å². The molecule has 0 aliphatic rings. The molecular formula is C32H40O11S4. The van der Waals surface area contributed by atoms with Crippen LogP contribution in [0.15, 0.2) is 18.2 Å². The highest BCUT2D eigenvalue weighted by Crippen LogP contribution is 2.30. The lowest BCUT2D eigenvalue weighted by Gasteiger charge is -2.18. The molecule has 0 amide bonds. The van der Waals surface area contributed by atoms with Gasteiger partial charge in [-0.05, 0) is 52.3 Å². The van der Waals surface area contributed by atoms with Gasteiger partial charge >= 0.3 is 11.9 Å². The van der Waals surface area contributed by atoms with Crippen molar-refractivity contribution in [3.05, 3.63) is 29.3 Å². The van der Waals surface area contributed by atoms with E-state index < -0.39 is 45.8 Å². The fraction of sp³-hybridized carbons (Fsp3) is 0.531. The van der Waals surface area contributed by atoms with Crippen molar-refractivity contribution in [3.63, 3.8) is 0 Å². The maximum absolute atomic E-state index is 13.3. The number of esters is 1. The molecule has 1 aromatic rings. The lowest BCUT2D eigenvalue weighted by molar-refractivity contribution is -0.142. The first-order chi connectivity index (χ1) is 21.9. The van der Waals surface area contributed by atoms with Crippen LogP contribution in [0.1, 0.15) is 69.3 Å². The van der Waals surface area contributed by atoms with Gasteiger partial charge in [0.05, 0.1) is 17.4 Å². The van der Waals surface area contributed by atoms with E-state index in [1.807, 2.05) is 0 Å². The van der Waals surface area contributed by atoms with E-state index in [1.54, 1.807) is 13.0 Å². The van der Waals surface area contributed by atoms with Gasteiger partial charge in [0.25, 0.3) is 0 Å². The van der Waals surface area contributed by atoms with Crippen molar-refractivity contribution in [2.45, 2.75) is 60.3 Å².